The van der Waals surface area contributed by atoms with Crippen LogP contribution in [-0.2, 0) is 33.6 Å². The Balaban J connectivity index is 0.000000148. The Hall–Kier alpha value is -11.3. The summed E-state index contributed by atoms with van der Waals surface area (Å²) in [5.74, 6) is 1.37. The number of aromatic nitrogens is 8. The van der Waals surface area contributed by atoms with Crippen LogP contribution >= 0.6 is 34.8 Å². The van der Waals surface area contributed by atoms with E-state index in [9.17, 15) is 48.6 Å². The highest BCUT2D eigenvalue weighted by Gasteiger charge is 2.45. The van der Waals surface area contributed by atoms with E-state index in [2.05, 4.69) is 65.6 Å². The van der Waals surface area contributed by atoms with Crippen LogP contribution in [0.25, 0.3) is 0 Å². The van der Waals surface area contributed by atoms with Gasteiger partial charge in [-0.2, -0.15) is 31.5 Å². The first-order valence-corrected chi connectivity index (χ1v) is 34.5. The van der Waals surface area contributed by atoms with Crippen LogP contribution < -0.4 is 43.1 Å². The number of anilines is 5. The zero-order valence-electron chi connectivity index (χ0n) is 56.9. The van der Waals surface area contributed by atoms with Crippen molar-refractivity contribution in [3.8, 4) is 58.9 Å². The average Bonchev–Trinajstić information content (AvgIpc) is 1.65. The number of carbonyl (C=O) groups is 3. The third kappa shape index (κ3) is 16.2. The molecular weight excluding hydrogens is 1420 g/mol. The molecule has 2 aromatic heterocycles. The van der Waals surface area contributed by atoms with Crippen LogP contribution in [0, 0.1) is 79.1 Å². The zero-order valence-corrected chi connectivity index (χ0v) is 59.2. The molecule has 105 heavy (non-hydrogen) atoms. The number of tetrazole rings is 2. The fraction of sp³-hybridized carbons (Fsp3) is 0.375. The summed E-state index contributed by atoms with van der Waals surface area (Å²) in [6.45, 7) is 2.82. The van der Waals surface area contributed by atoms with Gasteiger partial charge in [-0.1, -0.05) is 81.4 Å². The Kier molecular flexibility index (Phi) is 22.2. The monoisotopic (exact) mass is 1490 g/mol. The van der Waals surface area contributed by atoms with Crippen molar-refractivity contribution in [1.82, 2.24) is 55.9 Å². The molecule has 3 amide bonds. The Bertz CT molecular complexity index is 4430. The second-order valence-electron chi connectivity index (χ2n) is 26.1. The van der Waals surface area contributed by atoms with E-state index in [1.54, 1.807) is 97.3 Å². The van der Waals surface area contributed by atoms with Gasteiger partial charge in [0.1, 0.15) is 51.9 Å². The molecule has 0 saturated carbocycles. The molecule has 0 bridgehead atoms. The molecule has 0 radical (unpaired) electrons. The maximum Gasteiger partial charge on any atom is 0.270 e. The number of fused-ring (bicyclic) bond motifs is 3. The number of hydrogen-bond donors (Lipinski definition) is 2. The molecule has 33 heteroatoms. The first-order valence-electron chi connectivity index (χ1n) is 33.4. The number of benzene rings is 6. The Labute approximate surface area is 615 Å². The SMILES string of the molecule is COc1cc2c(cc1Cl)N(C#N)CC(C(=O)N1CCC(C#N)(Cc3ccc(F)cc3)CC1)O2.COc1cc2c(cc1Cl)N(c1nn[nH]n1)CC(C(=O)N1CCC(C#N)(Cc3ccc(F)cc3)CC1)O2.COc1cc2c(cc1Cl)N(c1nn[nH]n1)CC(C(=O)N1CCC(C#N)(Cc3ccc(F)cc3)CC1)O2. The molecule has 0 aliphatic carbocycles. The lowest BCUT2D eigenvalue weighted by Crippen LogP contribution is -2.52. The van der Waals surface area contributed by atoms with Gasteiger partial charge in [0.2, 0.25) is 0 Å². The van der Waals surface area contributed by atoms with Gasteiger partial charge in [-0.3, -0.25) is 19.3 Å². The van der Waals surface area contributed by atoms with Gasteiger partial charge in [0.05, 0.1) is 108 Å². The van der Waals surface area contributed by atoms with E-state index in [1.165, 1.54) is 62.6 Å². The lowest BCUT2D eigenvalue weighted by molar-refractivity contribution is -0.141. The fourth-order valence-electron chi connectivity index (χ4n) is 13.8. The summed E-state index contributed by atoms with van der Waals surface area (Å²) in [5.41, 5.74) is 2.50. The molecule has 6 aliphatic heterocycles. The largest absolute Gasteiger partial charge is 0.495 e. The van der Waals surface area contributed by atoms with Gasteiger partial charge >= 0.3 is 0 Å². The lowest BCUT2D eigenvalue weighted by Gasteiger charge is -2.40. The van der Waals surface area contributed by atoms with Crippen LogP contribution in [0.1, 0.15) is 55.2 Å². The number of nitrogens with one attached hydrogen (secondary N) is 2. The number of rotatable bonds is 14. The highest BCUT2D eigenvalue weighted by molar-refractivity contribution is 6.33. The predicted octanol–water partition coefficient (Wildman–Crippen LogP) is 10.5. The maximum absolute atomic E-state index is 13.5. The maximum atomic E-state index is 13.5. The summed E-state index contributed by atoms with van der Waals surface area (Å²) in [6, 6.07) is 35.6. The minimum atomic E-state index is -0.866. The first kappa shape index (κ1) is 73.4. The molecule has 3 saturated heterocycles. The topological polar surface area (TPSA) is 330 Å². The van der Waals surface area contributed by atoms with Crippen molar-refractivity contribution in [3.63, 3.8) is 0 Å². The quantitative estimate of drug-likeness (QED) is 0.0955. The molecular formula is C72H68Cl3F3N18O9. The number of nitriles is 4. The minimum absolute atomic E-state index is 0.0699. The van der Waals surface area contributed by atoms with Gasteiger partial charge < -0.3 is 52.9 Å². The summed E-state index contributed by atoms with van der Waals surface area (Å²) in [4.78, 5) is 50.2. The van der Waals surface area contributed by atoms with Crippen LogP contribution in [0.3, 0.4) is 0 Å². The normalized spacial score (nSPS) is 18.8. The van der Waals surface area contributed by atoms with Crippen molar-refractivity contribution in [2.45, 2.75) is 76.1 Å². The fourth-order valence-corrected chi connectivity index (χ4v) is 14.5. The van der Waals surface area contributed by atoms with Crippen molar-refractivity contribution >= 4 is 81.5 Å². The molecule has 8 aromatic rings. The summed E-state index contributed by atoms with van der Waals surface area (Å²) >= 11 is 18.8. The molecule has 3 unspecified atom stereocenters. The molecule has 3 atom stereocenters. The van der Waals surface area contributed by atoms with Crippen molar-refractivity contribution in [1.29, 1.82) is 21.0 Å². The summed E-state index contributed by atoms with van der Waals surface area (Å²) in [6.07, 6.45) is 4.08. The zero-order chi connectivity index (χ0) is 74.2. The number of amides is 3. The molecule has 14 rings (SSSR count). The molecule has 542 valence electrons. The molecule has 6 aromatic carbocycles. The Morgan fingerprint density at radius 1 is 0.476 bits per heavy atom. The molecule has 27 nitrogen and oxygen atoms in total. The van der Waals surface area contributed by atoms with Crippen molar-refractivity contribution < 1.29 is 56.0 Å². The second kappa shape index (κ2) is 31.7. The van der Waals surface area contributed by atoms with E-state index in [1.807, 2.05) is 0 Å². The number of piperidine rings is 3. The molecule has 6 aliphatic rings. The molecule has 3 fully saturated rings. The van der Waals surface area contributed by atoms with E-state index in [0.717, 1.165) is 16.7 Å². The summed E-state index contributed by atoms with van der Waals surface area (Å²) in [5, 5.41) is 68.8. The van der Waals surface area contributed by atoms with Gasteiger partial charge in [0.15, 0.2) is 24.5 Å². The van der Waals surface area contributed by atoms with Crippen molar-refractivity contribution in [2.75, 3.05) is 94.9 Å². The van der Waals surface area contributed by atoms with E-state index >= 15 is 0 Å². The summed E-state index contributed by atoms with van der Waals surface area (Å²) in [7, 11) is 4.47. The summed E-state index contributed by atoms with van der Waals surface area (Å²) < 4.78 is 73.8. The second-order valence-corrected chi connectivity index (χ2v) is 27.3. The number of aromatic amines is 2. The molecule has 2 N–H and O–H groups in total. The minimum Gasteiger partial charge on any atom is -0.495 e. The number of methoxy groups -OCH3 is 3. The van der Waals surface area contributed by atoms with Gasteiger partial charge in [-0.15, -0.1) is 10.2 Å². The standard InChI is InChI=1S/2C24H23ClFN7O3.C24H22ClFN4O3/c2*1-35-19-11-20-18(10-17(19)25)33(23-28-30-31-29-23)13-21(36-20)22(34)32-8-6-24(14-27,7-9-32)12-15-2-4-16(26)5-3-15;1-32-20-11-21-19(10-18(20)25)30(15-28)13-22(33-21)23(31)29-8-6-24(14-27,7-9-29)12-16-2-4-17(26)5-3-16/h2*2-5,10-11,21H,6-9,12-13H2,1H3,(H,28,29,30,31);2-5,10-11,22H,6-9,12-13H2,1H3. The number of carbonyl (C=O) groups excluding carboxylic acids is 3. The van der Waals surface area contributed by atoms with Crippen LogP contribution in [0.2, 0.25) is 15.1 Å². The van der Waals surface area contributed by atoms with Gasteiger partial charge in [0, 0.05) is 57.5 Å². The van der Waals surface area contributed by atoms with Crippen LogP contribution in [-0.4, -0.2) is 172 Å². The van der Waals surface area contributed by atoms with Gasteiger partial charge in [-0.25, -0.2) is 13.2 Å². The predicted molar refractivity (Wildman–Crippen MR) is 374 cm³/mol. The van der Waals surface area contributed by atoms with Gasteiger partial charge in [-0.05, 0) is 140 Å². The number of halogens is 6. The smallest absolute Gasteiger partial charge is 0.270 e. The highest BCUT2D eigenvalue weighted by Crippen LogP contribution is 2.47. The molecule has 0 spiro atoms. The van der Waals surface area contributed by atoms with Crippen LogP contribution in [0.5, 0.6) is 34.5 Å². The number of nitrogens with zero attached hydrogens (tertiary/aromatic N) is 16. The van der Waals surface area contributed by atoms with E-state index < -0.39 is 34.6 Å². The number of likely N-dealkylation sites (tertiary alicyclic amines) is 3. The van der Waals surface area contributed by atoms with Crippen molar-refractivity contribution in [3.05, 3.63) is 158 Å². The Morgan fingerprint density at radius 2 is 0.771 bits per heavy atom. The first-order chi connectivity index (χ1) is 50.7. The van der Waals surface area contributed by atoms with E-state index in [0.29, 0.717) is 164 Å². The van der Waals surface area contributed by atoms with E-state index in [-0.39, 0.29) is 66.7 Å². The Morgan fingerprint density at radius 3 is 1.05 bits per heavy atom. The third-order valence-electron chi connectivity index (χ3n) is 19.7. The number of ether oxygens (including phenoxy) is 6. The van der Waals surface area contributed by atoms with Crippen LogP contribution in [0.15, 0.2) is 109 Å². The van der Waals surface area contributed by atoms with E-state index in [4.69, 9.17) is 63.2 Å². The highest BCUT2D eigenvalue weighted by atomic mass is 35.5. The number of H-pyrrole nitrogens is 2. The molecule has 8 heterocycles. The van der Waals surface area contributed by atoms with Crippen molar-refractivity contribution in [2.24, 2.45) is 16.2 Å². The van der Waals surface area contributed by atoms with Crippen LogP contribution in [0.4, 0.5) is 42.1 Å². The lowest BCUT2D eigenvalue weighted by atomic mass is 9.75. The number of hydrogen-bond acceptors (Lipinski definition) is 22. The third-order valence-corrected chi connectivity index (χ3v) is 20.6. The van der Waals surface area contributed by atoms with Gasteiger partial charge in [0.25, 0.3) is 29.6 Å². The average molecular weight is 1490 g/mol.